The van der Waals surface area contributed by atoms with Crippen molar-refractivity contribution in [1.82, 2.24) is 14.7 Å². The van der Waals surface area contributed by atoms with Gasteiger partial charge < -0.3 is 10.7 Å². The summed E-state index contributed by atoms with van der Waals surface area (Å²) in [5.74, 6) is 0. The van der Waals surface area contributed by atoms with Crippen molar-refractivity contribution in [3.05, 3.63) is 23.5 Å². The minimum Gasteiger partial charge on any atom is -0.345 e. The van der Waals surface area contributed by atoms with E-state index < -0.39 is 10.0 Å². The van der Waals surface area contributed by atoms with Gasteiger partial charge in [0.2, 0.25) is 10.0 Å². The van der Waals surface area contributed by atoms with Crippen molar-refractivity contribution in [2.24, 2.45) is 5.73 Å². The molecule has 2 aromatic rings. The third kappa shape index (κ3) is 3.18. The Morgan fingerprint density at radius 2 is 2.26 bits per heavy atom. The number of nitrogens with zero attached hydrogens (tertiary/aromatic N) is 1. The van der Waals surface area contributed by atoms with Crippen molar-refractivity contribution < 1.29 is 8.42 Å². The first-order valence-corrected chi connectivity index (χ1v) is 7.16. The van der Waals surface area contributed by atoms with E-state index in [1.165, 1.54) is 12.4 Å². The summed E-state index contributed by atoms with van der Waals surface area (Å²) in [6.45, 7) is 1.90. The molecule has 19 heavy (non-hydrogen) atoms. The number of nitrogens with one attached hydrogen (secondary N) is 2. The fourth-order valence-electron chi connectivity index (χ4n) is 1.58. The summed E-state index contributed by atoms with van der Waals surface area (Å²) >= 11 is 6.00. The predicted molar refractivity (Wildman–Crippen MR) is 77.2 cm³/mol. The summed E-state index contributed by atoms with van der Waals surface area (Å²) in [7, 11) is -3.66. The number of rotatable bonds is 4. The number of halogens is 2. The molecule has 6 nitrogen and oxygen atoms in total. The van der Waals surface area contributed by atoms with Crippen molar-refractivity contribution in [3.8, 4) is 0 Å². The zero-order valence-electron chi connectivity index (χ0n) is 10.1. The molecule has 0 saturated heterocycles. The van der Waals surface area contributed by atoms with E-state index in [2.05, 4.69) is 14.7 Å². The van der Waals surface area contributed by atoms with Crippen LogP contribution in [0, 0.1) is 0 Å². The maximum absolute atomic E-state index is 12.2. The first-order chi connectivity index (χ1) is 8.45. The van der Waals surface area contributed by atoms with E-state index in [0.29, 0.717) is 16.1 Å². The highest BCUT2D eigenvalue weighted by Gasteiger charge is 2.22. The zero-order chi connectivity index (χ0) is 13.3. The molecule has 0 radical (unpaired) electrons. The Bertz CT molecular complexity index is 671. The zero-order valence-corrected chi connectivity index (χ0v) is 12.4. The number of hydrogen-bond donors (Lipinski definition) is 3. The van der Waals surface area contributed by atoms with E-state index in [9.17, 15) is 8.42 Å². The summed E-state index contributed by atoms with van der Waals surface area (Å²) in [6.07, 6.45) is 2.88. The van der Waals surface area contributed by atoms with Crippen LogP contribution in [0.1, 0.15) is 6.92 Å². The summed E-state index contributed by atoms with van der Waals surface area (Å²) in [5, 5.41) is 0.720. The van der Waals surface area contributed by atoms with Crippen LogP contribution in [-0.4, -0.2) is 31.0 Å². The second-order valence-electron chi connectivity index (χ2n) is 3.93. The van der Waals surface area contributed by atoms with Gasteiger partial charge in [0, 0.05) is 25.0 Å². The number of sulfonamides is 1. The van der Waals surface area contributed by atoms with Gasteiger partial charge in [0.1, 0.15) is 10.5 Å². The van der Waals surface area contributed by atoms with Crippen LogP contribution >= 0.6 is 24.0 Å². The SMILES string of the molecule is C[C@@H](CN)NS(=O)(=O)c1c[nH]c2nccc(Cl)c12.Cl. The smallest absolute Gasteiger partial charge is 0.243 e. The fourth-order valence-corrected chi connectivity index (χ4v) is 3.32. The van der Waals surface area contributed by atoms with Gasteiger partial charge in [0.15, 0.2) is 0 Å². The first kappa shape index (κ1) is 16.2. The Labute approximate surface area is 122 Å². The minimum absolute atomic E-state index is 0. The maximum Gasteiger partial charge on any atom is 0.243 e. The van der Waals surface area contributed by atoms with Crippen LogP contribution < -0.4 is 10.5 Å². The average Bonchev–Trinajstić information content (AvgIpc) is 2.74. The second kappa shape index (κ2) is 6.06. The molecule has 2 heterocycles. The van der Waals surface area contributed by atoms with E-state index in [1.807, 2.05) is 0 Å². The third-order valence-corrected chi connectivity index (χ3v) is 4.41. The van der Waals surface area contributed by atoms with Gasteiger partial charge >= 0.3 is 0 Å². The number of nitrogens with two attached hydrogens (primary N) is 1. The molecule has 0 aliphatic rings. The third-order valence-electron chi connectivity index (χ3n) is 2.49. The lowest BCUT2D eigenvalue weighted by atomic mass is 10.3. The fraction of sp³-hybridized carbons (Fsp3) is 0.300. The Balaban J connectivity index is 0.00000180. The monoisotopic (exact) mass is 324 g/mol. The molecule has 106 valence electrons. The lowest BCUT2D eigenvalue weighted by Crippen LogP contribution is -2.37. The van der Waals surface area contributed by atoms with Crippen LogP contribution in [0.5, 0.6) is 0 Å². The van der Waals surface area contributed by atoms with Crippen molar-refractivity contribution in [2.45, 2.75) is 17.9 Å². The van der Waals surface area contributed by atoms with Gasteiger partial charge in [-0.2, -0.15) is 0 Å². The molecule has 0 aliphatic heterocycles. The quantitative estimate of drug-likeness (QED) is 0.788. The number of pyridine rings is 1. The molecule has 0 spiro atoms. The van der Waals surface area contributed by atoms with Crippen LogP contribution in [0.2, 0.25) is 5.02 Å². The highest BCUT2D eigenvalue weighted by Crippen LogP contribution is 2.28. The topological polar surface area (TPSA) is 101 Å². The molecular formula is C10H14Cl2N4O2S. The van der Waals surface area contributed by atoms with E-state index in [1.54, 1.807) is 13.0 Å². The van der Waals surface area contributed by atoms with E-state index in [-0.39, 0.29) is 29.9 Å². The summed E-state index contributed by atoms with van der Waals surface area (Å²) in [5.41, 5.74) is 5.84. The molecule has 1 atom stereocenters. The highest BCUT2D eigenvalue weighted by molar-refractivity contribution is 7.89. The molecule has 0 bridgehead atoms. The molecule has 2 aromatic heterocycles. The molecule has 0 saturated carbocycles. The molecular weight excluding hydrogens is 311 g/mol. The maximum atomic E-state index is 12.2. The van der Waals surface area contributed by atoms with Gasteiger partial charge in [-0.15, -0.1) is 12.4 Å². The van der Waals surface area contributed by atoms with Crippen LogP contribution in [0.4, 0.5) is 0 Å². The predicted octanol–water partition coefficient (Wildman–Crippen LogP) is 1.26. The van der Waals surface area contributed by atoms with Gasteiger partial charge in [-0.25, -0.2) is 18.1 Å². The lowest BCUT2D eigenvalue weighted by Gasteiger charge is -2.11. The Hall–Kier alpha value is -0.860. The molecule has 4 N–H and O–H groups in total. The molecule has 2 rings (SSSR count). The minimum atomic E-state index is -3.66. The Morgan fingerprint density at radius 3 is 2.89 bits per heavy atom. The summed E-state index contributed by atoms with van der Waals surface area (Å²) in [6, 6.07) is 1.19. The number of aromatic nitrogens is 2. The standard InChI is InChI=1S/C10H13ClN4O2S.ClH/c1-6(4-12)15-18(16,17)8-5-14-10-9(8)7(11)2-3-13-10;/h2-3,5-6,15H,4,12H2,1H3,(H,13,14);1H/t6-;/m0./s1. The van der Waals surface area contributed by atoms with Crippen LogP contribution in [0.25, 0.3) is 11.0 Å². The van der Waals surface area contributed by atoms with Gasteiger partial charge in [-0.1, -0.05) is 11.6 Å². The molecule has 0 fully saturated rings. The Morgan fingerprint density at radius 1 is 1.58 bits per heavy atom. The highest BCUT2D eigenvalue weighted by atomic mass is 35.5. The number of aromatic amines is 1. The van der Waals surface area contributed by atoms with Crippen LogP contribution in [0.15, 0.2) is 23.4 Å². The molecule has 0 aliphatic carbocycles. The molecule has 0 aromatic carbocycles. The van der Waals surface area contributed by atoms with Crippen LogP contribution in [-0.2, 0) is 10.0 Å². The molecule has 0 amide bonds. The normalized spacial score (nSPS) is 13.2. The number of fused-ring (bicyclic) bond motifs is 1. The van der Waals surface area contributed by atoms with Crippen molar-refractivity contribution in [2.75, 3.05) is 6.54 Å². The van der Waals surface area contributed by atoms with E-state index in [4.69, 9.17) is 17.3 Å². The van der Waals surface area contributed by atoms with Gasteiger partial charge in [-0.05, 0) is 13.0 Å². The largest absolute Gasteiger partial charge is 0.345 e. The number of H-pyrrole nitrogens is 1. The average molecular weight is 325 g/mol. The van der Waals surface area contributed by atoms with Crippen molar-refractivity contribution in [3.63, 3.8) is 0 Å². The van der Waals surface area contributed by atoms with Crippen LogP contribution in [0.3, 0.4) is 0 Å². The van der Waals surface area contributed by atoms with E-state index >= 15 is 0 Å². The second-order valence-corrected chi connectivity index (χ2v) is 6.02. The van der Waals surface area contributed by atoms with Crippen molar-refractivity contribution >= 4 is 45.1 Å². The summed E-state index contributed by atoms with van der Waals surface area (Å²) < 4.78 is 26.8. The molecule has 9 heteroatoms. The van der Waals surface area contributed by atoms with Gasteiger partial charge in [0.05, 0.1) is 10.4 Å². The molecule has 0 unspecified atom stereocenters. The summed E-state index contributed by atoms with van der Waals surface area (Å²) in [4.78, 5) is 6.88. The first-order valence-electron chi connectivity index (χ1n) is 5.29. The van der Waals surface area contributed by atoms with Gasteiger partial charge in [-0.3, -0.25) is 0 Å². The number of hydrogen-bond acceptors (Lipinski definition) is 4. The lowest BCUT2D eigenvalue weighted by molar-refractivity contribution is 0.563. The van der Waals surface area contributed by atoms with Gasteiger partial charge in [0.25, 0.3) is 0 Å². The Kier molecular flexibility index (Phi) is 5.17. The van der Waals surface area contributed by atoms with E-state index in [0.717, 1.165) is 0 Å². The van der Waals surface area contributed by atoms with Crippen molar-refractivity contribution in [1.29, 1.82) is 0 Å².